The van der Waals surface area contributed by atoms with Gasteiger partial charge in [-0.3, -0.25) is 9.36 Å². The van der Waals surface area contributed by atoms with Crippen LogP contribution in [0.25, 0.3) is 0 Å². The standard InChI is InChI=1S/C12H19N3O5S/c1-7(11(16)17)10-8(2)14-12(18)15(9(10)3)5-6-21(19,20)13-4/h7,13H,5-6H2,1-4H3,(H,16,17). The molecule has 0 fully saturated rings. The zero-order valence-corrected chi connectivity index (χ0v) is 13.2. The molecule has 0 aliphatic rings. The Morgan fingerprint density at radius 1 is 1.43 bits per heavy atom. The van der Waals surface area contributed by atoms with E-state index < -0.39 is 27.6 Å². The van der Waals surface area contributed by atoms with Gasteiger partial charge in [0.25, 0.3) is 0 Å². The Morgan fingerprint density at radius 2 is 2.00 bits per heavy atom. The summed E-state index contributed by atoms with van der Waals surface area (Å²) in [5, 5.41) is 9.12. The molecule has 0 amide bonds. The Bertz CT molecular complexity index is 708. The van der Waals surface area contributed by atoms with Gasteiger partial charge in [0.2, 0.25) is 10.0 Å². The maximum atomic E-state index is 11.9. The van der Waals surface area contributed by atoms with E-state index in [1.807, 2.05) is 0 Å². The first kappa shape index (κ1) is 17.3. The van der Waals surface area contributed by atoms with E-state index >= 15 is 0 Å². The monoisotopic (exact) mass is 317 g/mol. The summed E-state index contributed by atoms with van der Waals surface area (Å²) in [5.74, 6) is -2.14. The molecule has 0 saturated carbocycles. The number of sulfonamides is 1. The van der Waals surface area contributed by atoms with Crippen molar-refractivity contribution in [3.63, 3.8) is 0 Å². The summed E-state index contributed by atoms with van der Waals surface area (Å²) in [6.07, 6.45) is 0. The fraction of sp³-hybridized carbons (Fsp3) is 0.583. The Labute approximate surface area is 122 Å². The SMILES string of the molecule is CNS(=O)(=O)CCn1c(C)c(C(C)C(=O)O)c(C)nc1=O. The molecular weight excluding hydrogens is 298 g/mol. The average molecular weight is 317 g/mol. The fourth-order valence-corrected chi connectivity index (χ4v) is 2.77. The summed E-state index contributed by atoms with van der Waals surface area (Å²) >= 11 is 0. The third-order valence-corrected chi connectivity index (χ3v) is 4.72. The second kappa shape index (κ2) is 6.35. The highest BCUT2D eigenvalue weighted by atomic mass is 32.2. The molecule has 1 unspecified atom stereocenters. The first-order valence-electron chi connectivity index (χ1n) is 6.32. The van der Waals surface area contributed by atoms with Crippen molar-refractivity contribution in [2.75, 3.05) is 12.8 Å². The summed E-state index contributed by atoms with van der Waals surface area (Å²) in [7, 11) is -2.18. The van der Waals surface area contributed by atoms with Gasteiger partial charge >= 0.3 is 11.7 Å². The number of carbonyl (C=O) groups is 1. The Balaban J connectivity index is 3.32. The topological polar surface area (TPSA) is 118 Å². The van der Waals surface area contributed by atoms with E-state index in [-0.39, 0.29) is 12.3 Å². The summed E-state index contributed by atoms with van der Waals surface area (Å²) in [6, 6.07) is 0. The van der Waals surface area contributed by atoms with Crippen LogP contribution in [-0.2, 0) is 21.4 Å². The van der Waals surface area contributed by atoms with Crippen molar-refractivity contribution in [2.45, 2.75) is 33.2 Å². The van der Waals surface area contributed by atoms with Crippen molar-refractivity contribution in [1.82, 2.24) is 14.3 Å². The molecule has 2 N–H and O–H groups in total. The van der Waals surface area contributed by atoms with Gasteiger partial charge in [-0.05, 0) is 27.8 Å². The molecule has 1 aromatic rings. The lowest BCUT2D eigenvalue weighted by molar-refractivity contribution is -0.138. The maximum Gasteiger partial charge on any atom is 0.348 e. The fourth-order valence-electron chi connectivity index (χ4n) is 2.14. The Morgan fingerprint density at radius 3 is 2.48 bits per heavy atom. The average Bonchev–Trinajstić information content (AvgIpc) is 2.37. The third-order valence-electron chi connectivity index (χ3n) is 3.38. The minimum absolute atomic E-state index is 0.0829. The normalized spacial score (nSPS) is 13.1. The molecule has 0 saturated heterocycles. The molecule has 0 aromatic carbocycles. The van der Waals surface area contributed by atoms with Crippen LogP contribution >= 0.6 is 0 Å². The van der Waals surface area contributed by atoms with Gasteiger partial charge in [0.1, 0.15) is 0 Å². The zero-order valence-electron chi connectivity index (χ0n) is 12.4. The van der Waals surface area contributed by atoms with Gasteiger partial charge in [-0.25, -0.2) is 17.9 Å². The van der Waals surface area contributed by atoms with Crippen molar-refractivity contribution in [1.29, 1.82) is 0 Å². The molecule has 1 atom stereocenters. The molecule has 0 aliphatic carbocycles. The molecule has 8 nitrogen and oxygen atoms in total. The van der Waals surface area contributed by atoms with Crippen LogP contribution in [0.2, 0.25) is 0 Å². The van der Waals surface area contributed by atoms with Crippen molar-refractivity contribution >= 4 is 16.0 Å². The van der Waals surface area contributed by atoms with E-state index in [9.17, 15) is 18.0 Å². The number of aliphatic carboxylic acids is 1. The van der Waals surface area contributed by atoms with Crippen molar-refractivity contribution in [3.05, 3.63) is 27.4 Å². The van der Waals surface area contributed by atoms with Crippen LogP contribution in [0.1, 0.15) is 29.8 Å². The number of carboxylic acids is 1. The lowest BCUT2D eigenvalue weighted by Gasteiger charge is -2.17. The van der Waals surface area contributed by atoms with E-state index in [1.165, 1.54) is 18.5 Å². The number of hydrogen-bond acceptors (Lipinski definition) is 5. The third kappa shape index (κ3) is 3.88. The number of aromatic nitrogens is 2. The second-order valence-corrected chi connectivity index (χ2v) is 6.76. The summed E-state index contributed by atoms with van der Waals surface area (Å²) in [5.41, 5.74) is 0.621. The Hall–Kier alpha value is -1.74. The molecule has 0 bridgehead atoms. The van der Waals surface area contributed by atoms with Crippen molar-refractivity contribution < 1.29 is 18.3 Å². The van der Waals surface area contributed by atoms with Crippen LogP contribution in [0.3, 0.4) is 0 Å². The van der Waals surface area contributed by atoms with E-state index in [4.69, 9.17) is 5.11 Å². The molecule has 21 heavy (non-hydrogen) atoms. The van der Waals surface area contributed by atoms with Crippen LogP contribution < -0.4 is 10.4 Å². The molecule has 1 aromatic heterocycles. The molecule has 1 rings (SSSR count). The number of rotatable bonds is 6. The first-order valence-corrected chi connectivity index (χ1v) is 7.98. The van der Waals surface area contributed by atoms with Gasteiger partial charge in [0, 0.05) is 23.5 Å². The van der Waals surface area contributed by atoms with Gasteiger partial charge in [-0.15, -0.1) is 0 Å². The molecule has 1 heterocycles. The number of aryl methyl sites for hydroxylation is 1. The van der Waals surface area contributed by atoms with Crippen LogP contribution in [0.15, 0.2) is 4.79 Å². The van der Waals surface area contributed by atoms with Gasteiger partial charge < -0.3 is 5.11 Å². The molecule has 9 heteroatoms. The van der Waals surface area contributed by atoms with Crippen molar-refractivity contribution in [3.8, 4) is 0 Å². The van der Waals surface area contributed by atoms with Gasteiger partial charge in [0.15, 0.2) is 0 Å². The van der Waals surface area contributed by atoms with E-state index in [2.05, 4.69) is 9.71 Å². The lowest BCUT2D eigenvalue weighted by atomic mass is 9.98. The predicted molar refractivity (Wildman–Crippen MR) is 76.9 cm³/mol. The summed E-state index contributed by atoms with van der Waals surface area (Å²) in [6.45, 7) is 4.58. The van der Waals surface area contributed by atoms with Gasteiger partial charge in [0.05, 0.1) is 11.7 Å². The maximum absolute atomic E-state index is 11.9. The predicted octanol–water partition coefficient (Wildman–Crippen LogP) is -0.403. The van der Waals surface area contributed by atoms with E-state index in [1.54, 1.807) is 13.8 Å². The second-order valence-electron chi connectivity index (χ2n) is 4.71. The summed E-state index contributed by atoms with van der Waals surface area (Å²) < 4.78 is 26.2. The van der Waals surface area contributed by atoms with Crippen LogP contribution in [-0.4, -0.2) is 41.8 Å². The number of nitrogens with zero attached hydrogens (tertiary/aromatic N) is 2. The highest BCUT2D eigenvalue weighted by molar-refractivity contribution is 7.89. The molecule has 0 radical (unpaired) electrons. The first-order chi connectivity index (χ1) is 9.60. The lowest BCUT2D eigenvalue weighted by Crippen LogP contribution is -2.33. The highest BCUT2D eigenvalue weighted by Gasteiger charge is 2.22. The minimum atomic E-state index is -3.46. The summed E-state index contributed by atoms with van der Waals surface area (Å²) in [4.78, 5) is 26.8. The van der Waals surface area contributed by atoms with Crippen LogP contribution in [0, 0.1) is 13.8 Å². The molecular formula is C12H19N3O5S. The molecule has 0 spiro atoms. The van der Waals surface area contributed by atoms with Crippen LogP contribution in [0.5, 0.6) is 0 Å². The largest absolute Gasteiger partial charge is 0.481 e. The molecule has 0 aliphatic heterocycles. The van der Waals surface area contributed by atoms with E-state index in [0.717, 1.165) is 0 Å². The number of carboxylic acid groups (broad SMARTS) is 1. The van der Waals surface area contributed by atoms with E-state index in [0.29, 0.717) is 17.0 Å². The van der Waals surface area contributed by atoms with Gasteiger partial charge in [-0.2, -0.15) is 4.98 Å². The minimum Gasteiger partial charge on any atom is -0.481 e. The quantitative estimate of drug-likeness (QED) is 0.737. The number of hydrogen-bond donors (Lipinski definition) is 2. The number of nitrogens with one attached hydrogen (secondary N) is 1. The van der Waals surface area contributed by atoms with Crippen molar-refractivity contribution in [2.24, 2.45) is 0 Å². The van der Waals surface area contributed by atoms with Gasteiger partial charge in [-0.1, -0.05) is 0 Å². The Kier molecular flexibility index (Phi) is 5.24. The molecule has 118 valence electrons. The van der Waals surface area contributed by atoms with Crippen LogP contribution in [0.4, 0.5) is 0 Å². The zero-order chi connectivity index (χ0) is 16.4. The smallest absolute Gasteiger partial charge is 0.348 e. The highest BCUT2D eigenvalue weighted by Crippen LogP contribution is 2.21.